The molecule has 0 spiro atoms. The Kier molecular flexibility index (Phi) is 4.35. The molecule has 0 amide bonds. The molecule has 1 saturated heterocycles. The summed E-state index contributed by atoms with van der Waals surface area (Å²) in [5.74, 6) is 1.15. The van der Waals surface area contributed by atoms with E-state index in [0.717, 1.165) is 25.5 Å². The molecule has 0 aromatic heterocycles. The number of carbonyl (C=O) groups excluding carboxylic acids is 1. The fourth-order valence-corrected chi connectivity index (χ4v) is 5.54. The Labute approximate surface area is 116 Å². The number of sulfone groups is 1. The zero-order chi connectivity index (χ0) is 14.1. The molecule has 1 saturated carbocycles. The topological polar surface area (TPSA) is 54.5 Å². The Hall–Kier alpha value is -0.420. The molecular formula is C14H25NO3S. The summed E-state index contributed by atoms with van der Waals surface area (Å²) in [5.41, 5.74) is -0.251. The maximum atomic E-state index is 11.6. The average molecular weight is 287 g/mol. The Morgan fingerprint density at radius 1 is 1.37 bits per heavy atom. The van der Waals surface area contributed by atoms with Crippen LogP contribution in [0.15, 0.2) is 0 Å². The lowest BCUT2D eigenvalue weighted by Crippen LogP contribution is -2.44. The average Bonchev–Trinajstić information content (AvgIpc) is 2.70. The molecule has 19 heavy (non-hydrogen) atoms. The minimum atomic E-state index is -2.85. The van der Waals surface area contributed by atoms with Gasteiger partial charge in [-0.1, -0.05) is 19.8 Å². The van der Waals surface area contributed by atoms with E-state index in [4.69, 9.17) is 0 Å². The lowest BCUT2D eigenvalue weighted by Gasteiger charge is -2.39. The van der Waals surface area contributed by atoms with Gasteiger partial charge in [-0.25, -0.2) is 8.42 Å². The third kappa shape index (κ3) is 3.57. The summed E-state index contributed by atoms with van der Waals surface area (Å²) in [4.78, 5) is 13.7. The van der Waals surface area contributed by atoms with E-state index in [1.54, 1.807) is 0 Å². The van der Waals surface area contributed by atoms with Gasteiger partial charge in [-0.3, -0.25) is 0 Å². The van der Waals surface area contributed by atoms with E-state index in [-0.39, 0.29) is 17.2 Å². The van der Waals surface area contributed by atoms with Crippen molar-refractivity contribution in [2.75, 3.05) is 25.1 Å². The van der Waals surface area contributed by atoms with Gasteiger partial charge >= 0.3 is 0 Å². The van der Waals surface area contributed by atoms with Crippen LogP contribution >= 0.6 is 0 Å². The van der Waals surface area contributed by atoms with Gasteiger partial charge in [0.2, 0.25) is 0 Å². The molecule has 5 heteroatoms. The summed E-state index contributed by atoms with van der Waals surface area (Å²) in [5, 5.41) is 0. The predicted molar refractivity (Wildman–Crippen MR) is 75.8 cm³/mol. The van der Waals surface area contributed by atoms with E-state index in [1.807, 2.05) is 7.05 Å². The van der Waals surface area contributed by atoms with Crippen LogP contribution in [0.25, 0.3) is 0 Å². The molecule has 2 rings (SSSR count). The summed E-state index contributed by atoms with van der Waals surface area (Å²) in [6.07, 6.45) is 6.05. The highest BCUT2D eigenvalue weighted by molar-refractivity contribution is 7.91. The smallest absolute Gasteiger partial charge is 0.151 e. The number of hydrogen-bond donors (Lipinski definition) is 0. The SMILES string of the molecule is CC1CCCC(C=O)(CN(C)C2CCS(=O)(=O)C2)C1. The van der Waals surface area contributed by atoms with Crippen LogP contribution in [-0.4, -0.2) is 50.7 Å². The third-order valence-corrected chi connectivity index (χ3v) is 6.52. The molecule has 1 heterocycles. The molecule has 2 fully saturated rings. The zero-order valence-electron chi connectivity index (χ0n) is 12.0. The fourth-order valence-electron chi connectivity index (χ4n) is 3.74. The number of rotatable bonds is 4. The molecule has 0 aromatic carbocycles. The standard InChI is InChI=1S/C14H25NO3S/c1-12-4-3-6-14(8-12,11-16)10-15(2)13-5-7-19(17,18)9-13/h11-13H,3-10H2,1-2H3. The maximum absolute atomic E-state index is 11.6. The van der Waals surface area contributed by atoms with Gasteiger partial charge in [0.25, 0.3) is 0 Å². The first-order chi connectivity index (χ1) is 8.86. The highest BCUT2D eigenvalue weighted by Gasteiger charge is 2.39. The summed E-state index contributed by atoms with van der Waals surface area (Å²) in [6.45, 7) is 2.92. The fraction of sp³-hybridized carbons (Fsp3) is 0.929. The van der Waals surface area contributed by atoms with Gasteiger partial charge in [0.05, 0.1) is 11.5 Å². The molecule has 0 radical (unpaired) electrons. The van der Waals surface area contributed by atoms with Crippen molar-refractivity contribution in [1.82, 2.24) is 4.90 Å². The molecular weight excluding hydrogens is 262 g/mol. The molecule has 3 unspecified atom stereocenters. The molecule has 0 N–H and O–H groups in total. The van der Waals surface area contributed by atoms with Gasteiger partial charge < -0.3 is 9.69 Å². The lowest BCUT2D eigenvalue weighted by atomic mass is 9.70. The van der Waals surface area contributed by atoms with Crippen LogP contribution in [0.2, 0.25) is 0 Å². The number of nitrogens with zero attached hydrogens (tertiary/aromatic N) is 1. The van der Waals surface area contributed by atoms with Crippen molar-refractivity contribution < 1.29 is 13.2 Å². The summed E-state index contributed by atoms with van der Waals surface area (Å²) < 4.78 is 23.1. The first kappa shape index (κ1) is 15.0. The van der Waals surface area contributed by atoms with E-state index < -0.39 is 9.84 Å². The molecule has 110 valence electrons. The molecule has 0 aromatic rings. The maximum Gasteiger partial charge on any atom is 0.151 e. The second-order valence-electron chi connectivity index (χ2n) is 6.65. The van der Waals surface area contributed by atoms with Crippen molar-refractivity contribution in [2.24, 2.45) is 11.3 Å². The van der Waals surface area contributed by atoms with E-state index >= 15 is 0 Å². The van der Waals surface area contributed by atoms with Gasteiger partial charge in [0.1, 0.15) is 6.29 Å². The highest BCUT2D eigenvalue weighted by Crippen LogP contribution is 2.38. The van der Waals surface area contributed by atoms with Crippen molar-refractivity contribution >= 4 is 16.1 Å². The van der Waals surface area contributed by atoms with Crippen molar-refractivity contribution in [3.8, 4) is 0 Å². The molecule has 2 aliphatic rings. The van der Waals surface area contributed by atoms with Crippen molar-refractivity contribution in [1.29, 1.82) is 0 Å². The predicted octanol–water partition coefficient (Wildman–Crippen LogP) is 1.50. The van der Waals surface area contributed by atoms with Crippen LogP contribution in [-0.2, 0) is 14.6 Å². The summed E-state index contributed by atoms with van der Waals surface area (Å²) >= 11 is 0. The third-order valence-electron chi connectivity index (χ3n) is 4.77. The van der Waals surface area contributed by atoms with Crippen LogP contribution in [0.1, 0.15) is 39.0 Å². The molecule has 1 aliphatic carbocycles. The Morgan fingerprint density at radius 2 is 2.11 bits per heavy atom. The Bertz CT molecular complexity index is 434. The first-order valence-electron chi connectivity index (χ1n) is 7.23. The van der Waals surface area contributed by atoms with Crippen LogP contribution < -0.4 is 0 Å². The Morgan fingerprint density at radius 3 is 2.63 bits per heavy atom. The lowest BCUT2D eigenvalue weighted by molar-refractivity contribution is -0.120. The highest BCUT2D eigenvalue weighted by atomic mass is 32.2. The summed E-state index contributed by atoms with van der Waals surface area (Å²) in [6, 6.07) is 0.0963. The van der Waals surface area contributed by atoms with Gasteiger partial charge in [-0.05, 0) is 32.2 Å². The van der Waals surface area contributed by atoms with Gasteiger partial charge in [0, 0.05) is 18.0 Å². The van der Waals surface area contributed by atoms with Crippen molar-refractivity contribution in [3.05, 3.63) is 0 Å². The second kappa shape index (κ2) is 5.52. The van der Waals surface area contributed by atoms with Crippen LogP contribution in [0, 0.1) is 11.3 Å². The second-order valence-corrected chi connectivity index (χ2v) is 8.88. The van der Waals surface area contributed by atoms with E-state index in [9.17, 15) is 13.2 Å². The van der Waals surface area contributed by atoms with Crippen LogP contribution in [0.5, 0.6) is 0 Å². The largest absolute Gasteiger partial charge is 0.303 e. The number of carbonyl (C=O) groups is 1. The van der Waals surface area contributed by atoms with Gasteiger partial charge in [0.15, 0.2) is 9.84 Å². The molecule has 0 bridgehead atoms. The van der Waals surface area contributed by atoms with E-state index in [0.29, 0.717) is 24.6 Å². The number of hydrogen-bond acceptors (Lipinski definition) is 4. The van der Waals surface area contributed by atoms with Gasteiger partial charge in [-0.15, -0.1) is 0 Å². The number of aldehydes is 1. The van der Waals surface area contributed by atoms with Gasteiger partial charge in [-0.2, -0.15) is 0 Å². The molecule has 3 atom stereocenters. The van der Waals surface area contributed by atoms with Crippen molar-refractivity contribution in [2.45, 2.75) is 45.1 Å². The van der Waals surface area contributed by atoms with E-state index in [1.165, 1.54) is 6.42 Å². The quantitative estimate of drug-likeness (QED) is 0.735. The minimum absolute atomic E-state index is 0.0963. The van der Waals surface area contributed by atoms with Crippen LogP contribution in [0.3, 0.4) is 0 Å². The zero-order valence-corrected chi connectivity index (χ0v) is 12.8. The molecule has 1 aliphatic heterocycles. The Balaban J connectivity index is 2.00. The first-order valence-corrected chi connectivity index (χ1v) is 9.05. The summed E-state index contributed by atoms with van der Waals surface area (Å²) in [7, 11) is -0.880. The van der Waals surface area contributed by atoms with Crippen LogP contribution in [0.4, 0.5) is 0 Å². The van der Waals surface area contributed by atoms with E-state index in [2.05, 4.69) is 11.8 Å². The monoisotopic (exact) mass is 287 g/mol. The minimum Gasteiger partial charge on any atom is -0.303 e. The molecule has 4 nitrogen and oxygen atoms in total. The normalized spacial score (nSPS) is 38.5. The van der Waals surface area contributed by atoms with Crippen molar-refractivity contribution in [3.63, 3.8) is 0 Å².